The fourth-order valence-corrected chi connectivity index (χ4v) is 2.73. The molecule has 0 saturated carbocycles. The first-order valence-electron chi connectivity index (χ1n) is 8.07. The summed E-state index contributed by atoms with van der Waals surface area (Å²) in [6.07, 6.45) is 0.311. The van der Waals surface area contributed by atoms with Crippen LogP contribution in [0.5, 0.6) is 0 Å². The normalized spacial score (nSPS) is 10.5. The molecule has 26 heavy (non-hydrogen) atoms. The molecule has 0 aliphatic rings. The SMILES string of the molecule is CCn1c(=O)c(=O)[nH]c2cc(C(=O)Nc3ccc(CC#N)cc3)ccc21. The molecule has 3 aromatic rings. The number of H-pyrrole nitrogens is 1. The van der Waals surface area contributed by atoms with Crippen molar-refractivity contribution in [3.63, 3.8) is 0 Å². The molecule has 0 aliphatic heterocycles. The molecule has 130 valence electrons. The molecular formula is C19H16N4O3. The number of anilines is 1. The molecule has 0 bridgehead atoms. The highest BCUT2D eigenvalue weighted by molar-refractivity contribution is 6.05. The number of amides is 1. The number of hydrogen-bond acceptors (Lipinski definition) is 4. The summed E-state index contributed by atoms with van der Waals surface area (Å²) in [5.74, 6) is -0.338. The zero-order valence-corrected chi connectivity index (χ0v) is 14.1. The van der Waals surface area contributed by atoms with E-state index < -0.39 is 11.1 Å². The van der Waals surface area contributed by atoms with Crippen LogP contribution in [0.4, 0.5) is 5.69 Å². The number of aromatic amines is 1. The standard InChI is InChI=1S/C19H16N4O3/c1-2-23-16-8-5-13(11-15(16)22-18(25)19(23)26)17(24)21-14-6-3-12(4-7-14)9-10-20/h3-8,11H,2,9H2,1H3,(H,21,24)(H,22,25). The molecule has 2 aromatic carbocycles. The second kappa shape index (κ2) is 7.07. The van der Waals surface area contributed by atoms with Gasteiger partial charge in [0.25, 0.3) is 5.91 Å². The Hall–Kier alpha value is -3.66. The van der Waals surface area contributed by atoms with Gasteiger partial charge in [0.15, 0.2) is 0 Å². The Morgan fingerprint density at radius 1 is 1.19 bits per heavy atom. The van der Waals surface area contributed by atoms with Gasteiger partial charge in [-0.25, -0.2) is 0 Å². The summed E-state index contributed by atoms with van der Waals surface area (Å²) in [5, 5.41) is 11.4. The summed E-state index contributed by atoms with van der Waals surface area (Å²) < 4.78 is 1.36. The van der Waals surface area contributed by atoms with Gasteiger partial charge in [-0.05, 0) is 42.8 Å². The minimum Gasteiger partial charge on any atom is -0.322 e. The molecule has 0 aliphatic carbocycles. The van der Waals surface area contributed by atoms with Gasteiger partial charge in [0.1, 0.15) is 0 Å². The monoisotopic (exact) mass is 348 g/mol. The van der Waals surface area contributed by atoms with Gasteiger partial charge < -0.3 is 14.9 Å². The number of rotatable bonds is 4. The highest BCUT2D eigenvalue weighted by Gasteiger charge is 2.11. The maximum absolute atomic E-state index is 12.5. The summed E-state index contributed by atoms with van der Waals surface area (Å²) in [4.78, 5) is 38.6. The number of nitrogens with zero attached hydrogens (tertiary/aromatic N) is 2. The largest absolute Gasteiger partial charge is 0.322 e. The second-order valence-electron chi connectivity index (χ2n) is 5.72. The Bertz CT molecular complexity index is 1130. The zero-order chi connectivity index (χ0) is 18.7. The molecule has 0 atom stereocenters. The van der Waals surface area contributed by atoms with Crippen LogP contribution in [-0.4, -0.2) is 15.5 Å². The molecule has 7 heteroatoms. The number of nitrogens with one attached hydrogen (secondary N) is 2. The van der Waals surface area contributed by atoms with Gasteiger partial charge in [0, 0.05) is 17.8 Å². The lowest BCUT2D eigenvalue weighted by Crippen LogP contribution is -2.36. The molecule has 0 saturated heterocycles. The quantitative estimate of drug-likeness (QED) is 0.703. The van der Waals surface area contributed by atoms with E-state index in [4.69, 9.17) is 5.26 Å². The van der Waals surface area contributed by atoms with Crippen LogP contribution in [0, 0.1) is 11.3 Å². The average molecular weight is 348 g/mol. The van der Waals surface area contributed by atoms with Gasteiger partial charge in [0.05, 0.1) is 23.5 Å². The van der Waals surface area contributed by atoms with E-state index in [1.165, 1.54) is 4.57 Å². The molecule has 2 N–H and O–H groups in total. The van der Waals surface area contributed by atoms with Crippen molar-refractivity contribution in [2.75, 3.05) is 5.32 Å². The number of carbonyl (C=O) groups is 1. The predicted octanol–water partition coefficient (Wildman–Crippen LogP) is 2.03. The first-order valence-corrected chi connectivity index (χ1v) is 8.07. The van der Waals surface area contributed by atoms with Crippen molar-refractivity contribution in [2.24, 2.45) is 0 Å². The number of hydrogen-bond donors (Lipinski definition) is 2. The van der Waals surface area contributed by atoms with Crippen molar-refractivity contribution >= 4 is 22.6 Å². The van der Waals surface area contributed by atoms with Crippen LogP contribution in [0.2, 0.25) is 0 Å². The molecule has 0 fully saturated rings. The fourth-order valence-electron chi connectivity index (χ4n) is 2.73. The molecule has 0 radical (unpaired) electrons. The van der Waals surface area contributed by atoms with Crippen LogP contribution in [0.15, 0.2) is 52.1 Å². The minimum atomic E-state index is -0.718. The highest BCUT2D eigenvalue weighted by atomic mass is 16.2. The first kappa shape index (κ1) is 17.2. The number of aromatic nitrogens is 2. The van der Waals surface area contributed by atoms with Gasteiger partial charge in [-0.2, -0.15) is 5.26 Å². The number of aryl methyl sites for hydroxylation is 1. The predicted molar refractivity (Wildman–Crippen MR) is 98.2 cm³/mol. The van der Waals surface area contributed by atoms with Crippen LogP contribution in [0.25, 0.3) is 11.0 Å². The number of nitriles is 1. The van der Waals surface area contributed by atoms with Gasteiger partial charge in [0.2, 0.25) is 0 Å². The van der Waals surface area contributed by atoms with Crippen LogP contribution < -0.4 is 16.4 Å². The van der Waals surface area contributed by atoms with Crippen molar-refractivity contribution in [1.82, 2.24) is 9.55 Å². The molecule has 0 spiro atoms. The lowest BCUT2D eigenvalue weighted by molar-refractivity contribution is 0.102. The van der Waals surface area contributed by atoms with Crippen LogP contribution in [-0.2, 0) is 13.0 Å². The van der Waals surface area contributed by atoms with E-state index in [-0.39, 0.29) is 5.91 Å². The molecule has 3 rings (SSSR count). The van der Waals surface area contributed by atoms with Crippen molar-refractivity contribution in [1.29, 1.82) is 5.26 Å². The minimum absolute atomic E-state index is 0.311. The van der Waals surface area contributed by atoms with Gasteiger partial charge in [-0.15, -0.1) is 0 Å². The van der Waals surface area contributed by atoms with Crippen molar-refractivity contribution in [3.05, 3.63) is 74.3 Å². The molecule has 7 nitrogen and oxygen atoms in total. The maximum atomic E-state index is 12.5. The Kier molecular flexibility index (Phi) is 4.67. The van der Waals surface area contributed by atoms with Gasteiger partial charge in [-0.3, -0.25) is 14.4 Å². The smallest absolute Gasteiger partial charge is 0.316 e. The Labute approximate surface area is 148 Å². The van der Waals surface area contributed by atoms with Crippen molar-refractivity contribution in [3.8, 4) is 6.07 Å². The summed E-state index contributed by atoms with van der Waals surface area (Å²) in [6.45, 7) is 2.14. The third kappa shape index (κ3) is 3.26. The van der Waals surface area contributed by atoms with E-state index in [1.54, 1.807) is 49.4 Å². The fraction of sp³-hybridized carbons (Fsp3) is 0.158. The number of carbonyl (C=O) groups excluding carboxylic acids is 1. The topological polar surface area (TPSA) is 108 Å². The van der Waals surface area contributed by atoms with Crippen LogP contribution in [0.1, 0.15) is 22.8 Å². The van der Waals surface area contributed by atoms with E-state index in [2.05, 4.69) is 16.4 Å². The summed E-state index contributed by atoms with van der Waals surface area (Å²) in [5.41, 5.74) is 1.48. The van der Waals surface area contributed by atoms with Crippen LogP contribution in [0.3, 0.4) is 0 Å². The number of benzene rings is 2. The van der Waals surface area contributed by atoms with E-state index in [9.17, 15) is 14.4 Å². The third-order valence-electron chi connectivity index (χ3n) is 4.05. The molecule has 1 aromatic heterocycles. The first-order chi connectivity index (χ1) is 12.5. The lowest BCUT2D eigenvalue weighted by Gasteiger charge is -2.09. The van der Waals surface area contributed by atoms with Crippen LogP contribution >= 0.6 is 0 Å². The average Bonchev–Trinajstić information content (AvgIpc) is 2.64. The summed E-state index contributed by atoms with van der Waals surface area (Å²) in [6, 6.07) is 13.8. The van der Waals surface area contributed by atoms with Gasteiger partial charge >= 0.3 is 11.1 Å². The van der Waals surface area contributed by atoms with E-state index in [0.29, 0.717) is 35.2 Å². The Morgan fingerprint density at radius 2 is 1.92 bits per heavy atom. The Balaban J connectivity index is 1.91. The van der Waals surface area contributed by atoms with Crippen molar-refractivity contribution in [2.45, 2.75) is 19.9 Å². The van der Waals surface area contributed by atoms with E-state index in [0.717, 1.165) is 5.56 Å². The van der Waals surface area contributed by atoms with E-state index >= 15 is 0 Å². The second-order valence-corrected chi connectivity index (χ2v) is 5.72. The zero-order valence-electron chi connectivity index (χ0n) is 14.1. The van der Waals surface area contributed by atoms with E-state index in [1.807, 2.05) is 0 Å². The summed E-state index contributed by atoms with van der Waals surface area (Å²) in [7, 11) is 0. The lowest BCUT2D eigenvalue weighted by atomic mass is 10.1. The highest BCUT2D eigenvalue weighted by Crippen LogP contribution is 2.15. The third-order valence-corrected chi connectivity index (χ3v) is 4.05. The van der Waals surface area contributed by atoms with Gasteiger partial charge in [-0.1, -0.05) is 12.1 Å². The molecule has 1 amide bonds. The number of fused-ring (bicyclic) bond motifs is 1. The Morgan fingerprint density at radius 3 is 2.58 bits per heavy atom. The molecular weight excluding hydrogens is 332 g/mol. The molecule has 0 unspecified atom stereocenters. The molecule has 1 heterocycles. The maximum Gasteiger partial charge on any atom is 0.316 e. The summed E-state index contributed by atoms with van der Waals surface area (Å²) >= 11 is 0. The van der Waals surface area contributed by atoms with Crippen molar-refractivity contribution < 1.29 is 4.79 Å².